The average molecular weight is 499 g/mol. The lowest BCUT2D eigenvalue weighted by atomic mass is 10.0. The molecule has 4 aromatic carbocycles. The van der Waals surface area contributed by atoms with E-state index in [0.717, 1.165) is 22.3 Å². The number of ether oxygens (including phenoxy) is 1. The van der Waals surface area contributed by atoms with E-state index < -0.39 is 13.3 Å². The van der Waals surface area contributed by atoms with Crippen LogP contribution in [0.25, 0.3) is 0 Å². The van der Waals surface area contributed by atoms with Gasteiger partial charge in [0.2, 0.25) is 7.37 Å². The van der Waals surface area contributed by atoms with Crippen LogP contribution >= 0.6 is 7.37 Å². The highest BCUT2D eigenvalue weighted by atomic mass is 31.2. The summed E-state index contributed by atoms with van der Waals surface area (Å²) >= 11 is 0. The molecule has 0 N–H and O–H groups in total. The molecule has 0 aliphatic carbocycles. The van der Waals surface area contributed by atoms with E-state index in [9.17, 15) is 9.36 Å². The average Bonchev–Trinajstić information content (AvgIpc) is 2.92. The van der Waals surface area contributed by atoms with Gasteiger partial charge in [0.25, 0.3) is 0 Å². The molecule has 0 saturated carbocycles. The summed E-state index contributed by atoms with van der Waals surface area (Å²) in [6.45, 7) is 0.404. The van der Waals surface area contributed by atoms with Gasteiger partial charge in [-0.3, -0.25) is 9.36 Å². The van der Waals surface area contributed by atoms with Gasteiger partial charge >= 0.3 is 5.97 Å². The van der Waals surface area contributed by atoms with E-state index in [0.29, 0.717) is 6.42 Å². The Bertz CT molecular complexity index is 1250. The number of carbonyl (C=O) groups excluding carboxylic acids is 1. The Labute approximate surface area is 213 Å². The van der Waals surface area contributed by atoms with Crippen LogP contribution in [0.5, 0.6) is 0 Å². The number of esters is 1. The van der Waals surface area contributed by atoms with E-state index in [4.69, 9.17) is 9.26 Å². The first-order chi connectivity index (χ1) is 17.6. The van der Waals surface area contributed by atoms with Gasteiger partial charge in [-0.25, -0.2) is 0 Å². The van der Waals surface area contributed by atoms with Gasteiger partial charge in [-0.2, -0.15) is 0 Å². The predicted molar refractivity (Wildman–Crippen MR) is 144 cm³/mol. The Morgan fingerprint density at radius 3 is 1.58 bits per heavy atom. The molecule has 0 aromatic heterocycles. The SMILES string of the molecule is O=C(OCc1ccccc1)C(Cc1ccccc1)CP(=O)(Cc1ccccc1)OCc1ccccc1. The summed E-state index contributed by atoms with van der Waals surface area (Å²) in [4.78, 5) is 13.3. The summed E-state index contributed by atoms with van der Waals surface area (Å²) in [5.74, 6) is -0.958. The molecule has 36 heavy (non-hydrogen) atoms. The molecule has 0 saturated heterocycles. The van der Waals surface area contributed by atoms with Gasteiger partial charge in [0.1, 0.15) is 6.61 Å². The van der Waals surface area contributed by atoms with E-state index in [1.807, 2.05) is 121 Å². The van der Waals surface area contributed by atoms with Crippen LogP contribution in [-0.2, 0) is 44.4 Å². The van der Waals surface area contributed by atoms with E-state index in [1.165, 1.54) is 0 Å². The number of hydrogen-bond donors (Lipinski definition) is 0. The molecule has 0 fully saturated rings. The van der Waals surface area contributed by atoms with Gasteiger partial charge in [-0.05, 0) is 28.7 Å². The first-order valence-electron chi connectivity index (χ1n) is 12.1. The van der Waals surface area contributed by atoms with Crippen molar-refractivity contribution in [2.45, 2.75) is 25.8 Å². The smallest absolute Gasteiger partial charge is 0.310 e. The highest BCUT2D eigenvalue weighted by Gasteiger charge is 2.33. The van der Waals surface area contributed by atoms with Crippen LogP contribution in [0.3, 0.4) is 0 Å². The van der Waals surface area contributed by atoms with Gasteiger partial charge in [0.15, 0.2) is 0 Å². The lowest BCUT2D eigenvalue weighted by Crippen LogP contribution is -2.24. The second-order valence-electron chi connectivity index (χ2n) is 8.88. The molecule has 0 spiro atoms. The Kier molecular flexibility index (Phi) is 9.27. The van der Waals surface area contributed by atoms with Crippen molar-refractivity contribution in [2.75, 3.05) is 6.16 Å². The molecular weight excluding hydrogens is 467 g/mol. The lowest BCUT2D eigenvalue weighted by Gasteiger charge is -2.24. The highest BCUT2D eigenvalue weighted by molar-refractivity contribution is 7.58. The summed E-state index contributed by atoms with van der Waals surface area (Å²) < 4.78 is 26.2. The summed E-state index contributed by atoms with van der Waals surface area (Å²) in [6.07, 6.45) is 0.803. The van der Waals surface area contributed by atoms with E-state index in [1.54, 1.807) is 0 Å². The van der Waals surface area contributed by atoms with Crippen LogP contribution in [0.15, 0.2) is 121 Å². The van der Waals surface area contributed by atoms with Crippen molar-refractivity contribution in [3.8, 4) is 0 Å². The van der Waals surface area contributed by atoms with Gasteiger partial charge in [0.05, 0.1) is 12.5 Å². The van der Waals surface area contributed by atoms with E-state index in [-0.39, 0.29) is 31.5 Å². The van der Waals surface area contributed by atoms with Crippen LogP contribution in [0.4, 0.5) is 0 Å². The van der Waals surface area contributed by atoms with Crippen molar-refractivity contribution in [1.82, 2.24) is 0 Å². The van der Waals surface area contributed by atoms with Gasteiger partial charge < -0.3 is 9.26 Å². The van der Waals surface area contributed by atoms with Gasteiger partial charge in [0, 0.05) is 12.3 Å². The summed E-state index contributed by atoms with van der Waals surface area (Å²) in [6, 6.07) is 38.7. The minimum atomic E-state index is -3.25. The predicted octanol–water partition coefficient (Wildman–Crippen LogP) is 7.28. The molecule has 5 heteroatoms. The van der Waals surface area contributed by atoms with Crippen LogP contribution in [-0.4, -0.2) is 12.1 Å². The monoisotopic (exact) mass is 498 g/mol. The molecule has 184 valence electrons. The number of carbonyl (C=O) groups is 1. The molecule has 0 aliphatic rings. The molecule has 2 atom stereocenters. The minimum Gasteiger partial charge on any atom is -0.461 e. The van der Waals surface area contributed by atoms with E-state index in [2.05, 4.69) is 0 Å². The first-order valence-corrected chi connectivity index (χ1v) is 14.1. The standard InChI is InChI=1S/C31H31O4P/c32-31(34-22-27-15-7-2-8-16-27)30(21-26-13-5-1-6-14-26)25-36(33,24-29-19-11-4-12-20-29)35-23-28-17-9-3-10-18-28/h1-20,30H,21-25H2. The molecule has 4 nitrogen and oxygen atoms in total. The van der Waals surface area contributed by atoms with Gasteiger partial charge in [-0.1, -0.05) is 121 Å². The maximum atomic E-state index is 14.3. The molecule has 4 aromatic rings. The van der Waals surface area contributed by atoms with Gasteiger partial charge in [-0.15, -0.1) is 0 Å². The van der Waals surface area contributed by atoms with Crippen molar-refractivity contribution in [3.05, 3.63) is 144 Å². The maximum absolute atomic E-state index is 14.3. The third-order valence-electron chi connectivity index (χ3n) is 5.96. The molecule has 0 aliphatic heterocycles. The largest absolute Gasteiger partial charge is 0.461 e. The molecule has 0 radical (unpaired) electrons. The van der Waals surface area contributed by atoms with Crippen LogP contribution < -0.4 is 0 Å². The lowest BCUT2D eigenvalue weighted by molar-refractivity contribution is -0.149. The summed E-state index contributed by atoms with van der Waals surface area (Å²) in [5.41, 5.74) is 3.77. The summed E-state index contributed by atoms with van der Waals surface area (Å²) in [7, 11) is -3.25. The summed E-state index contributed by atoms with van der Waals surface area (Å²) in [5, 5.41) is 0. The Balaban J connectivity index is 1.55. The Hall–Kier alpha value is -3.46. The molecule has 0 heterocycles. The van der Waals surface area contributed by atoms with Crippen LogP contribution in [0.2, 0.25) is 0 Å². The molecular formula is C31H31O4P. The third kappa shape index (κ3) is 8.05. The zero-order valence-electron chi connectivity index (χ0n) is 20.2. The highest BCUT2D eigenvalue weighted by Crippen LogP contribution is 2.53. The number of benzene rings is 4. The fraction of sp³-hybridized carbons (Fsp3) is 0.194. The zero-order chi connectivity index (χ0) is 25.1. The maximum Gasteiger partial charge on any atom is 0.310 e. The van der Waals surface area contributed by atoms with Crippen LogP contribution in [0.1, 0.15) is 22.3 Å². The first kappa shape index (κ1) is 25.6. The third-order valence-corrected chi connectivity index (χ3v) is 8.40. The Morgan fingerprint density at radius 2 is 1.06 bits per heavy atom. The minimum absolute atomic E-state index is 0.108. The van der Waals surface area contributed by atoms with Crippen molar-refractivity contribution >= 4 is 13.3 Å². The second kappa shape index (κ2) is 13.0. The zero-order valence-corrected chi connectivity index (χ0v) is 21.1. The number of rotatable bonds is 12. The Morgan fingerprint density at radius 1 is 0.611 bits per heavy atom. The second-order valence-corrected chi connectivity index (χ2v) is 11.4. The topological polar surface area (TPSA) is 52.6 Å². The number of hydrogen-bond acceptors (Lipinski definition) is 4. The van der Waals surface area contributed by atoms with E-state index >= 15 is 0 Å². The molecule has 4 rings (SSSR count). The fourth-order valence-corrected chi connectivity index (χ4v) is 6.52. The quantitative estimate of drug-likeness (QED) is 0.152. The molecule has 0 amide bonds. The molecule has 0 bridgehead atoms. The van der Waals surface area contributed by atoms with Crippen molar-refractivity contribution in [3.63, 3.8) is 0 Å². The molecule has 2 unspecified atom stereocenters. The van der Waals surface area contributed by atoms with Crippen molar-refractivity contribution in [1.29, 1.82) is 0 Å². The van der Waals surface area contributed by atoms with Crippen molar-refractivity contribution in [2.24, 2.45) is 5.92 Å². The normalized spacial score (nSPS) is 13.4. The fourth-order valence-electron chi connectivity index (χ4n) is 4.09. The van der Waals surface area contributed by atoms with Crippen LogP contribution in [0, 0.1) is 5.92 Å². The van der Waals surface area contributed by atoms with Crippen molar-refractivity contribution < 1.29 is 18.6 Å².